The second-order valence-electron chi connectivity index (χ2n) is 6.61. The Kier molecular flexibility index (Phi) is 6.98. The molecule has 7 heteroatoms. The Morgan fingerprint density at radius 3 is 2.85 bits per heavy atom. The number of anilines is 1. The summed E-state index contributed by atoms with van der Waals surface area (Å²) in [6.45, 7) is 2.69. The van der Waals surface area contributed by atoms with Gasteiger partial charge in [0.25, 0.3) is 5.91 Å². The second-order valence-corrected chi connectivity index (χ2v) is 7.64. The molecule has 1 aromatic heterocycles. The molecule has 2 heterocycles. The number of thiophene rings is 1. The van der Waals surface area contributed by atoms with Crippen LogP contribution >= 0.6 is 11.3 Å². The number of amides is 1. The molecule has 1 fully saturated rings. The molecule has 6 nitrogen and oxygen atoms in total. The van der Waals surface area contributed by atoms with E-state index in [-0.39, 0.29) is 12.0 Å². The molecule has 3 rings (SSSR count). The summed E-state index contributed by atoms with van der Waals surface area (Å²) < 4.78 is 10.5. The van der Waals surface area contributed by atoms with Crippen molar-refractivity contribution in [1.82, 2.24) is 0 Å². The van der Waals surface area contributed by atoms with Gasteiger partial charge in [-0.1, -0.05) is 18.2 Å². The Morgan fingerprint density at radius 2 is 2.15 bits per heavy atom. The van der Waals surface area contributed by atoms with Crippen molar-refractivity contribution in [1.29, 1.82) is 0 Å². The van der Waals surface area contributed by atoms with E-state index in [1.54, 1.807) is 35.6 Å². The minimum atomic E-state index is -0.465. The Labute approximate surface area is 163 Å². The van der Waals surface area contributed by atoms with Crippen molar-refractivity contribution in [3.63, 3.8) is 0 Å². The van der Waals surface area contributed by atoms with Gasteiger partial charge in [-0.3, -0.25) is 4.79 Å². The first kappa shape index (κ1) is 19.5. The third-order valence-corrected chi connectivity index (χ3v) is 5.44. The molecule has 1 unspecified atom stereocenters. The number of hydrogen-bond acceptors (Lipinski definition) is 5. The Bertz CT molecular complexity index is 757. The maximum atomic E-state index is 12.7. The lowest BCUT2D eigenvalue weighted by molar-refractivity contribution is -0.908. The van der Waals surface area contributed by atoms with E-state index in [0.29, 0.717) is 17.8 Å². The van der Waals surface area contributed by atoms with E-state index in [0.717, 1.165) is 37.4 Å². The number of hydrogen-bond donors (Lipinski definition) is 2. The highest BCUT2D eigenvalue weighted by atomic mass is 32.1. The Morgan fingerprint density at radius 1 is 1.30 bits per heavy atom. The first-order valence-electron chi connectivity index (χ1n) is 9.10. The molecule has 0 spiro atoms. The van der Waals surface area contributed by atoms with Gasteiger partial charge in [0.05, 0.1) is 23.2 Å². The van der Waals surface area contributed by atoms with Crippen molar-refractivity contribution < 1.29 is 24.0 Å². The Balaban J connectivity index is 1.65. The van der Waals surface area contributed by atoms with E-state index >= 15 is 0 Å². The molecule has 0 bridgehead atoms. The summed E-state index contributed by atoms with van der Waals surface area (Å²) in [4.78, 5) is 26.9. The number of esters is 1. The van der Waals surface area contributed by atoms with Crippen molar-refractivity contribution >= 4 is 28.9 Å². The van der Waals surface area contributed by atoms with Crippen LogP contribution in [0.25, 0.3) is 0 Å². The van der Waals surface area contributed by atoms with Gasteiger partial charge in [0.15, 0.2) is 6.54 Å². The van der Waals surface area contributed by atoms with E-state index in [4.69, 9.17) is 9.47 Å². The summed E-state index contributed by atoms with van der Waals surface area (Å²) >= 11 is 1.70. The lowest BCUT2D eigenvalue weighted by Gasteiger charge is -2.21. The summed E-state index contributed by atoms with van der Waals surface area (Å²) in [6.07, 6.45) is 2.33. The monoisotopic (exact) mass is 389 g/mol. The van der Waals surface area contributed by atoms with Crippen LogP contribution in [0.1, 0.15) is 28.1 Å². The third-order valence-electron chi connectivity index (χ3n) is 4.56. The van der Waals surface area contributed by atoms with E-state index in [1.807, 2.05) is 11.4 Å². The lowest BCUT2D eigenvalue weighted by Crippen LogP contribution is -3.12. The van der Waals surface area contributed by atoms with Gasteiger partial charge in [-0.2, -0.15) is 0 Å². The standard InChI is InChI=1S/C20H24N2O4S/c1-25-20(24)17-8-2-3-9-18(17)21-19(23)14-22(12-15-6-4-10-26-15)13-16-7-5-11-27-16/h2-3,5,7-9,11,15H,4,6,10,12-14H2,1H3,(H,21,23)/p+1/t15-/m0/s1. The summed E-state index contributed by atoms with van der Waals surface area (Å²) in [5.41, 5.74) is 0.828. The van der Waals surface area contributed by atoms with Crippen LogP contribution in [0, 0.1) is 0 Å². The molecular formula is C20H25N2O4S+. The molecule has 1 amide bonds. The minimum Gasteiger partial charge on any atom is -0.465 e. The number of rotatable bonds is 8. The number of ether oxygens (including phenoxy) is 2. The maximum Gasteiger partial charge on any atom is 0.339 e. The van der Waals surface area contributed by atoms with E-state index in [9.17, 15) is 9.59 Å². The summed E-state index contributed by atoms with van der Waals surface area (Å²) in [7, 11) is 1.33. The molecule has 144 valence electrons. The average molecular weight is 389 g/mol. The quantitative estimate of drug-likeness (QED) is 0.675. The van der Waals surface area contributed by atoms with Crippen LogP contribution in [0.4, 0.5) is 5.69 Å². The van der Waals surface area contributed by atoms with Gasteiger partial charge in [-0.05, 0) is 36.4 Å². The van der Waals surface area contributed by atoms with Crippen LogP contribution in [0.5, 0.6) is 0 Å². The highest BCUT2D eigenvalue weighted by Crippen LogP contribution is 2.16. The first-order chi connectivity index (χ1) is 13.2. The number of carbonyl (C=O) groups excluding carboxylic acids is 2. The molecular weight excluding hydrogens is 364 g/mol. The zero-order valence-electron chi connectivity index (χ0n) is 15.4. The molecule has 0 aliphatic carbocycles. The number of carbonyl (C=O) groups is 2. The fourth-order valence-electron chi connectivity index (χ4n) is 3.30. The summed E-state index contributed by atoms with van der Waals surface area (Å²) in [5, 5.41) is 4.91. The zero-order chi connectivity index (χ0) is 19.1. The molecule has 1 aliphatic rings. The normalized spacial score (nSPS) is 17.4. The number of methoxy groups -OCH3 is 1. The number of quaternary nitrogens is 1. The predicted octanol–water partition coefficient (Wildman–Crippen LogP) is 1.74. The van der Waals surface area contributed by atoms with Gasteiger partial charge in [-0.15, -0.1) is 11.3 Å². The van der Waals surface area contributed by atoms with Crippen LogP contribution in [0.15, 0.2) is 41.8 Å². The Hall–Kier alpha value is -2.22. The SMILES string of the molecule is COC(=O)c1ccccc1NC(=O)C[NH+](Cc1cccs1)C[C@@H]1CCCO1. The fraction of sp³-hybridized carbons (Fsp3) is 0.400. The fourth-order valence-corrected chi connectivity index (χ4v) is 4.07. The molecule has 0 saturated carbocycles. The van der Waals surface area contributed by atoms with Crippen molar-refractivity contribution in [3.05, 3.63) is 52.2 Å². The highest BCUT2D eigenvalue weighted by Gasteiger charge is 2.25. The van der Waals surface area contributed by atoms with E-state index in [2.05, 4.69) is 11.4 Å². The third kappa shape index (κ3) is 5.63. The van der Waals surface area contributed by atoms with Crippen molar-refractivity contribution in [2.24, 2.45) is 0 Å². The van der Waals surface area contributed by atoms with Gasteiger partial charge in [-0.25, -0.2) is 4.79 Å². The average Bonchev–Trinajstić information content (AvgIpc) is 3.35. The van der Waals surface area contributed by atoms with Crippen molar-refractivity contribution in [2.45, 2.75) is 25.5 Å². The van der Waals surface area contributed by atoms with E-state index < -0.39 is 5.97 Å². The molecule has 27 heavy (non-hydrogen) atoms. The molecule has 1 saturated heterocycles. The van der Waals surface area contributed by atoms with Gasteiger partial charge in [0, 0.05) is 6.61 Å². The smallest absolute Gasteiger partial charge is 0.339 e. The number of para-hydroxylation sites is 1. The van der Waals surface area contributed by atoms with Gasteiger partial charge in [0.2, 0.25) is 0 Å². The lowest BCUT2D eigenvalue weighted by atomic mass is 10.1. The van der Waals surface area contributed by atoms with Crippen LogP contribution in [0.2, 0.25) is 0 Å². The van der Waals surface area contributed by atoms with E-state index in [1.165, 1.54) is 12.0 Å². The minimum absolute atomic E-state index is 0.129. The molecule has 1 aliphatic heterocycles. The van der Waals surface area contributed by atoms with Crippen molar-refractivity contribution in [3.8, 4) is 0 Å². The van der Waals surface area contributed by atoms with Crippen molar-refractivity contribution in [2.75, 3.05) is 32.1 Å². The molecule has 1 aromatic carbocycles. The van der Waals surface area contributed by atoms with Crippen LogP contribution in [0.3, 0.4) is 0 Å². The topological polar surface area (TPSA) is 69.1 Å². The molecule has 2 aromatic rings. The highest BCUT2D eigenvalue weighted by molar-refractivity contribution is 7.09. The maximum absolute atomic E-state index is 12.7. The summed E-state index contributed by atoms with van der Waals surface area (Å²) in [6, 6.07) is 11.0. The molecule has 0 radical (unpaired) electrons. The van der Waals surface area contributed by atoms with Crippen LogP contribution in [-0.4, -0.2) is 44.8 Å². The van der Waals surface area contributed by atoms with Gasteiger partial charge in [0.1, 0.15) is 19.2 Å². The largest absolute Gasteiger partial charge is 0.465 e. The van der Waals surface area contributed by atoms with Gasteiger partial charge < -0.3 is 19.7 Å². The zero-order valence-corrected chi connectivity index (χ0v) is 16.2. The van der Waals surface area contributed by atoms with Crippen LogP contribution in [-0.2, 0) is 20.8 Å². The molecule has 2 atom stereocenters. The predicted molar refractivity (Wildman–Crippen MR) is 104 cm³/mol. The van der Waals surface area contributed by atoms with Gasteiger partial charge >= 0.3 is 5.97 Å². The van der Waals surface area contributed by atoms with Crippen LogP contribution < -0.4 is 10.2 Å². The number of benzene rings is 1. The summed E-state index contributed by atoms with van der Waals surface area (Å²) in [5.74, 6) is -0.594. The second kappa shape index (κ2) is 9.64. The molecule has 2 N–H and O–H groups in total. The number of nitrogens with one attached hydrogen (secondary N) is 2. The first-order valence-corrected chi connectivity index (χ1v) is 9.98.